The molecule has 0 aliphatic rings. The summed E-state index contributed by atoms with van der Waals surface area (Å²) >= 11 is 5.95. The van der Waals surface area contributed by atoms with Crippen LogP contribution < -0.4 is 10.6 Å². The van der Waals surface area contributed by atoms with Crippen molar-refractivity contribution in [2.75, 3.05) is 13.2 Å². The minimum Gasteiger partial charge on any atom is -0.445 e. The van der Waals surface area contributed by atoms with Gasteiger partial charge < -0.3 is 15.4 Å². The molecule has 1 atom stereocenters. The van der Waals surface area contributed by atoms with Crippen molar-refractivity contribution in [1.29, 1.82) is 0 Å². The number of hydrogen-bond donors (Lipinski definition) is 2. The molecule has 0 aliphatic carbocycles. The minimum absolute atomic E-state index is 0.0402. The van der Waals surface area contributed by atoms with Gasteiger partial charge in [-0.2, -0.15) is 0 Å². The summed E-state index contributed by atoms with van der Waals surface area (Å²) in [5, 5.41) is 5.27. The van der Waals surface area contributed by atoms with E-state index in [1.165, 1.54) is 0 Å². The van der Waals surface area contributed by atoms with E-state index in [2.05, 4.69) is 10.6 Å². The third kappa shape index (κ3) is 7.36. The van der Waals surface area contributed by atoms with Gasteiger partial charge in [-0.3, -0.25) is 9.59 Å². The van der Waals surface area contributed by atoms with Gasteiger partial charge in [0, 0.05) is 11.4 Å². The first-order valence-corrected chi connectivity index (χ1v) is 8.92. The molecule has 0 heterocycles. The van der Waals surface area contributed by atoms with E-state index < -0.39 is 37.0 Å². The van der Waals surface area contributed by atoms with Gasteiger partial charge in [0.1, 0.15) is 19.3 Å². The highest BCUT2D eigenvalue weighted by atomic mass is 35.5. The van der Waals surface area contributed by atoms with Crippen molar-refractivity contribution in [2.45, 2.75) is 19.1 Å². The summed E-state index contributed by atoms with van der Waals surface area (Å²) in [7, 11) is 0. The highest BCUT2D eigenvalue weighted by Gasteiger charge is 2.22. The Labute approximate surface area is 167 Å². The molecular formula is C20H20ClFN2O4. The molecule has 0 unspecified atom stereocenters. The van der Waals surface area contributed by atoms with E-state index in [0.717, 1.165) is 5.56 Å². The quantitative estimate of drug-likeness (QED) is 0.670. The van der Waals surface area contributed by atoms with Gasteiger partial charge in [-0.1, -0.05) is 54.1 Å². The molecule has 148 valence electrons. The van der Waals surface area contributed by atoms with E-state index in [1.54, 1.807) is 36.4 Å². The molecule has 0 bridgehead atoms. The van der Waals surface area contributed by atoms with Crippen LogP contribution in [0.5, 0.6) is 0 Å². The van der Waals surface area contributed by atoms with Crippen LogP contribution in [-0.2, 0) is 27.4 Å². The predicted octanol–water partition coefficient (Wildman–Crippen LogP) is 2.83. The van der Waals surface area contributed by atoms with Gasteiger partial charge in [-0.05, 0) is 23.3 Å². The summed E-state index contributed by atoms with van der Waals surface area (Å²) in [4.78, 5) is 35.6. The fourth-order valence-electron chi connectivity index (χ4n) is 2.37. The lowest BCUT2D eigenvalue weighted by molar-refractivity contribution is -0.126. The molecule has 0 aromatic heterocycles. The van der Waals surface area contributed by atoms with E-state index in [1.807, 2.05) is 18.2 Å². The molecule has 0 aliphatic heterocycles. The first-order valence-electron chi connectivity index (χ1n) is 8.55. The van der Waals surface area contributed by atoms with Crippen LogP contribution >= 0.6 is 11.6 Å². The van der Waals surface area contributed by atoms with Crippen molar-refractivity contribution < 1.29 is 23.5 Å². The molecule has 0 radical (unpaired) electrons. The van der Waals surface area contributed by atoms with Crippen molar-refractivity contribution in [3.8, 4) is 0 Å². The topological polar surface area (TPSA) is 84.5 Å². The van der Waals surface area contributed by atoms with Crippen LogP contribution in [-0.4, -0.2) is 37.0 Å². The van der Waals surface area contributed by atoms with Crippen LogP contribution in [0, 0.1) is 0 Å². The molecule has 28 heavy (non-hydrogen) atoms. The third-order valence-electron chi connectivity index (χ3n) is 3.76. The van der Waals surface area contributed by atoms with Gasteiger partial charge in [0.2, 0.25) is 5.91 Å². The standard InChI is InChI=1S/C20H20ClFN2O4/c21-16-8-4-7-15(9-16)10-18(19(26)23-12-17(25)11-22)24-20(27)28-13-14-5-2-1-3-6-14/h1-9,18H,10-13H2,(H,23,26)(H,24,27)/t18-/m0/s1. The molecule has 2 amide bonds. The molecular weight excluding hydrogens is 387 g/mol. The second kappa shape index (κ2) is 11.0. The molecule has 8 heteroatoms. The Morgan fingerprint density at radius 2 is 1.75 bits per heavy atom. The minimum atomic E-state index is -1.17. The predicted molar refractivity (Wildman–Crippen MR) is 103 cm³/mol. The summed E-state index contributed by atoms with van der Waals surface area (Å²) < 4.78 is 17.4. The van der Waals surface area contributed by atoms with E-state index >= 15 is 0 Å². The zero-order chi connectivity index (χ0) is 20.4. The lowest BCUT2D eigenvalue weighted by Gasteiger charge is -2.18. The van der Waals surface area contributed by atoms with Gasteiger partial charge in [0.25, 0.3) is 0 Å². The molecule has 0 saturated carbocycles. The number of halogens is 2. The maximum atomic E-state index is 12.4. The Bertz CT molecular complexity index is 817. The monoisotopic (exact) mass is 406 g/mol. The number of amides is 2. The maximum Gasteiger partial charge on any atom is 0.408 e. The molecule has 2 aromatic rings. The molecule has 0 fully saturated rings. The molecule has 2 rings (SSSR count). The fraction of sp³-hybridized carbons (Fsp3) is 0.250. The Kier molecular flexibility index (Phi) is 8.42. The highest BCUT2D eigenvalue weighted by molar-refractivity contribution is 6.30. The Hall–Kier alpha value is -2.93. The number of rotatable bonds is 9. The van der Waals surface area contributed by atoms with Crippen LogP contribution in [0.2, 0.25) is 5.02 Å². The first-order chi connectivity index (χ1) is 13.5. The Balaban J connectivity index is 2.00. The van der Waals surface area contributed by atoms with Crippen LogP contribution in [0.4, 0.5) is 9.18 Å². The molecule has 2 aromatic carbocycles. The van der Waals surface area contributed by atoms with Gasteiger partial charge >= 0.3 is 6.09 Å². The van der Waals surface area contributed by atoms with E-state index in [9.17, 15) is 18.8 Å². The lowest BCUT2D eigenvalue weighted by atomic mass is 10.1. The zero-order valence-corrected chi connectivity index (χ0v) is 15.7. The summed E-state index contributed by atoms with van der Waals surface area (Å²) in [6, 6.07) is 14.8. The summed E-state index contributed by atoms with van der Waals surface area (Å²) in [6.45, 7) is -1.59. The van der Waals surface area contributed by atoms with Gasteiger partial charge in [0.05, 0.1) is 6.54 Å². The maximum absolute atomic E-state index is 12.4. The highest BCUT2D eigenvalue weighted by Crippen LogP contribution is 2.12. The summed E-state index contributed by atoms with van der Waals surface area (Å²) in [5.74, 6) is -1.39. The van der Waals surface area contributed by atoms with Crippen molar-refractivity contribution in [3.05, 3.63) is 70.7 Å². The average molecular weight is 407 g/mol. The summed E-state index contributed by atoms with van der Waals surface area (Å²) in [6.07, 6.45) is -0.667. The molecule has 2 N–H and O–H groups in total. The van der Waals surface area contributed by atoms with Crippen LogP contribution in [0.15, 0.2) is 54.6 Å². The zero-order valence-electron chi connectivity index (χ0n) is 15.0. The van der Waals surface area contributed by atoms with Crippen molar-refractivity contribution in [2.24, 2.45) is 0 Å². The van der Waals surface area contributed by atoms with E-state index in [-0.39, 0.29) is 13.0 Å². The number of Topliss-reactive ketones (excluding diaryl/α,β-unsaturated/α-hetero) is 1. The second-order valence-electron chi connectivity index (χ2n) is 5.98. The first kappa shape index (κ1) is 21.4. The third-order valence-corrected chi connectivity index (χ3v) is 3.99. The number of carbonyl (C=O) groups excluding carboxylic acids is 3. The summed E-state index contributed by atoms with van der Waals surface area (Å²) in [5.41, 5.74) is 1.50. The van der Waals surface area contributed by atoms with E-state index in [0.29, 0.717) is 10.6 Å². The van der Waals surface area contributed by atoms with Gasteiger partial charge in [0.15, 0.2) is 5.78 Å². The number of nitrogens with one attached hydrogen (secondary N) is 2. The average Bonchev–Trinajstić information content (AvgIpc) is 2.70. The fourth-order valence-corrected chi connectivity index (χ4v) is 2.58. The molecule has 0 spiro atoms. The van der Waals surface area contributed by atoms with Crippen LogP contribution in [0.3, 0.4) is 0 Å². The van der Waals surface area contributed by atoms with Crippen molar-refractivity contribution in [1.82, 2.24) is 10.6 Å². The van der Waals surface area contributed by atoms with E-state index in [4.69, 9.17) is 16.3 Å². The molecule has 6 nitrogen and oxygen atoms in total. The Morgan fingerprint density at radius 1 is 1.04 bits per heavy atom. The lowest BCUT2D eigenvalue weighted by Crippen LogP contribution is -2.49. The number of alkyl carbamates (subject to hydrolysis) is 1. The largest absolute Gasteiger partial charge is 0.445 e. The number of ketones is 1. The number of benzene rings is 2. The number of carbonyl (C=O) groups is 3. The van der Waals surface area contributed by atoms with Crippen LogP contribution in [0.25, 0.3) is 0 Å². The van der Waals surface area contributed by atoms with Gasteiger partial charge in [-0.15, -0.1) is 0 Å². The number of alkyl halides is 1. The SMILES string of the molecule is O=C(CF)CNC(=O)[C@H](Cc1cccc(Cl)c1)NC(=O)OCc1ccccc1. The number of hydrogen-bond acceptors (Lipinski definition) is 4. The van der Waals surface area contributed by atoms with Gasteiger partial charge in [-0.25, -0.2) is 9.18 Å². The van der Waals surface area contributed by atoms with Crippen molar-refractivity contribution in [3.63, 3.8) is 0 Å². The number of ether oxygens (including phenoxy) is 1. The Morgan fingerprint density at radius 3 is 2.43 bits per heavy atom. The van der Waals surface area contributed by atoms with Crippen molar-refractivity contribution >= 4 is 29.4 Å². The molecule has 0 saturated heterocycles. The smallest absolute Gasteiger partial charge is 0.408 e. The second-order valence-corrected chi connectivity index (χ2v) is 6.42. The normalized spacial score (nSPS) is 11.4. The van der Waals surface area contributed by atoms with Crippen LogP contribution in [0.1, 0.15) is 11.1 Å².